The predicted molar refractivity (Wildman–Crippen MR) is 119 cm³/mol. The fourth-order valence-corrected chi connectivity index (χ4v) is 4.85. The van der Waals surface area contributed by atoms with Gasteiger partial charge < -0.3 is 4.74 Å². The normalized spacial score (nSPS) is 25.3. The zero-order valence-electron chi connectivity index (χ0n) is 17.9. The molecule has 0 radical (unpaired) electrons. The lowest BCUT2D eigenvalue weighted by Gasteiger charge is -2.32. The quantitative estimate of drug-likeness (QED) is 0.548. The first kappa shape index (κ1) is 20.2. The van der Waals surface area contributed by atoms with Crippen LogP contribution in [0, 0.1) is 5.92 Å². The summed E-state index contributed by atoms with van der Waals surface area (Å²) in [5, 5.41) is 12.6. The van der Waals surface area contributed by atoms with Crippen molar-refractivity contribution in [2.75, 3.05) is 7.11 Å². The van der Waals surface area contributed by atoms with E-state index < -0.39 is 0 Å². The van der Waals surface area contributed by atoms with Gasteiger partial charge in [-0.25, -0.2) is 10.1 Å². The Bertz CT molecular complexity index is 973. The predicted octanol–water partition coefficient (Wildman–Crippen LogP) is 2.81. The number of hydrazine groups is 1. The Hall–Kier alpha value is -2.74. The number of methoxy groups -OCH3 is 1. The number of nitrogens with zero attached hydrogens (tertiary/aromatic N) is 3. The van der Waals surface area contributed by atoms with Crippen LogP contribution >= 0.6 is 0 Å². The van der Waals surface area contributed by atoms with Crippen LogP contribution in [0.5, 0.6) is 5.75 Å². The second kappa shape index (κ2) is 9.18. The van der Waals surface area contributed by atoms with Gasteiger partial charge in [0.25, 0.3) is 0 Å². The van der Waals surface area contributed by atoms with Crippen molar-refractivity contribution in [2.45, 2.75) is 50.5 Å². The molecule has 3 aromatic rings. The molecule has 162 valence electrons. The number of rotatable bonds is 7. The van der Waals surface area contributed by atoms with Gasteiger partial charge in [-0.1, -0.05) is 47.7 Å². The molecular weight excluding hydrogens is 388 g/mol. The summed E-state index contributed by atoms with van der Waals surface area (Å²) in [5.74, 6) is 1.87. The first-order valence-corrected chi connectivity index (χ1v) is 11.1. The van der Waals surface area contributed by atoms with Crippen molar-refractivity contribution in [3.8, 4) is 5.75 Å². The molecule has 3 N–H and O–H groups in total. The lowest BCUT2D eigenvalue weighted by molar-refractivity contribution is 0.254. The summed E-state index contributed by atoms with van der Waals surface area (Å²) < 4.78 is 7.21. The molecule has 0 spiro atoms. The first-order chi connectivity index (χ1) is 15.3. The standard InChI is InChI=1S/C24H30N6O/c1-31-20-10-7-17(8-11-20)14-25-24-21-13-19(9-12-22(21)26-28-24)23-16-30(29-27-23)15-18-5-3-2-4-6-18/h2-8,10-11,16,19,21-22,24-26,28H,9,12-15H2,1H3. The molecule has 4 unspecified atom stereocenters. The number of hydrogen-bond acceptors (Lipinski definition) is 6. The van der Waals surface area contributed by atoms with Crippen LogP contribution in [0.3, 0.4) is 0 Å². The van der Waals surface area contributed by atoms with Crippen LogP contribution in [0.25, 0.3) is 0 Å². The first-order valence-electron chi connectivity index (χ1n) is 11.1. The highest BCUT2D eigenvalue weighted by molar-refractivity contribution is 5.27. The van der Waals surface area contributed by atoms with Gasteiger partial charge in [0, 0.05) is 30.6 Å². The Morgan fingerprint density at radius 2 is 1.87 bits per heavy atom. The molecule has 5 rings (SSSR count). The van der Waals surface area contributed by atoms with Crippen molar-refractivity contribution >= 4 is 0 Å². The lowest BCUT2D eigenvalue weighted by atomic mass is 9.76. The maximum Gasteiger partial charge on any atom is 0.118 e. The van der Waals surface area contributed by atoms with E-state index in [4.69, 9.17) is 4.74 Å². The minimum Gasteiger partial charge on any atom is -0.497 e. The van der Waals surface area contributed by atoms with Crippen molar-refractivity contribution in [2.24, 2.45) is 5.92 Å². The number of hydrogen-bond donors (Lipinski definition) is 3. The van der Waals surface area contributed by atoms with E-state index in [0.717, 1.165) is 43.8 Å². The van der Waals surface area contributed by atoms with Crippen LogP contribution in [0.1, 0.15) is 42.0 Å². The Labute approximate surface area is 183 Å². The minimum absolute atomic E-state index is 0.245. The summed E-state index contributed by atoms with van der Waals surface area (Å²) in [7, 11) is 1.70. The summed E-state index contributed by atoms with van der Waals surface area (Å²) in [6, 6.07) is 19.2. The lowest BCUT2D eigenvalue weighted by Crippen LogP contribution is -2.44. The highest BCUT2D eigenvalue weighted by Gasteiger charge is 2.41. The summed E-state index contributed by atoms with van der Waals surface area (Å²) in [5.41, 5.74) is 10.6. The van der Waals surface area contributed by atoms with Crippen molar-refractivity contribution in [3.63, 3.8) is 0 Å². The highest BCUT2D eigenvalue weighted by Crippen LogP contribution is 2.38. The summed E-state index contributed by atoms with van der Waals surface area (Å²) >= 11 is 0. The van der Waals surface area contributed by atoms with Crippen LogP contribution in [0.4, 0.5) is 0 Å². The van der Waals surface area contributed by atoms with Gasteiger partial charge in [-0.2, -0.15) is 0 Å². The van der Waals surface area contributed by atoms with Crippen LogP contribution in [-0.2, 0) is 13.1 Å². The average molecular weight is 419 g/mol. The van der Waals surface area contributed by atoms with Gasteiger partial charge in [0.15, 0.2) is 0 Å². The Balaban J connectivity index is 1.20. The fraction of sp³-hybridized carbons (Fsp3) is 0.417. The summed E-state index contributed by atoms with van der Waals surface area (Å²) in [6.07, 6.45) is 5.77. The van der Waals surface area contributed by atoms with Gasteiger partial charge >= 0.3 is 0 Å². The fourth-order valence-electron chi connectivity index (χ4n) is 4.85. The van der Waals surface area contributed by atoms with E-state index >= 15 is 0 Å². The zero-order valence-corrected chi connectivity index (χ0v) is 17.9. The van der Waals surface area contributed by atoms with Gasteiger partial charge in [0.05, 0.1) is 25.5 Å². The number of nitrogens with one attached hydrogen (secondary N) is 3. The molecule has 1 saturated carbocycles. The van der Waals surface area contributed by atoms with Crippen molar-refractivity contribution < 1.29 is 4.74 Å². The molecule has 2 aliphatic rings. The van der Waals surface area contributed by atoms with Gasteiger partial charge in [-0.05, 0) is 42.5 Å². The van der Waals surface area contributed by atoms with E-state index in [1.54, 1.807) is 7.11 Å². The van der Waals surface area contributed by atoms with Gasteiger partial charge in [0.1, 0.15) is 5.75 Å². The molecular formula is C24H30N6O. The van der Waals surface area contributed by atoms with Gasteiger partial charge in [0.2, 0.25) is 0 Å². The number of ether oxygens (including phenoxy) is 1. The van der Waals surface area contributed by atoms with Crippen LogP contribution < -0.4 is 20.9 Å². The highest BCUT2D eigenvalue weighted by atomic mass is 16.5. The summed E-state index contributed by atoms with van der Waals surface area (Å²) in [6.45, 7) is 1.59. The Kier molecular flexibility index (Phi) is 5.97. The van der Waals surface area contributed by atoms with E-state index in [-0.39, 0.29) is 6.17 Å². The molecule has 2 fully saturated rings. The van der Waals surface area contributed by atoms with Crippen LogP contribution in [0.2, 0.25) is 0 Å². The third kappa shape index (κ3) is 4.63. The Morgan fingerprint density at radius 1 is 1.03 bits per heavy atom. The number of aromatic nitrogens is 3. The van der Waals surface area contributed by atoms with E-state index in [1.807, 2.05) is 22.9 Å². The largest absolute Gasteiger partial charge is 0.497 e. The van der Waals surface area contributed by atoms with E-state index in [0.29, 0.717) is 17.9 Å². The number of benzene rings is 2. The third-order valence-electron chi connectivity index (χ3n) is 6.60. The maximum atomic E-state index is 5.25. The van der Waals surface area contributed by atoms with Crippen LogP contribution in [-0.4, -0.2) is 34.3 Å². The molecule has 1 aromatic heterocycles. The van der Waals surface area contributed by atoms with Crippen molar-refractivity contribution in [1.82, 2.24) is 31.2 Å². The molecule has 2 aromatic carbocycles. The molecule has 7 nitrogen and oxygen atoms in total. The summed E-state index contributed by atoms with van der Waals surface area (Å²) in [4.78, 5) is 0. The SMILES string of the molecule is COc1ccc(CNC2NNC3CCC(c4cn(Cc5ccccc5)nn4)CC32)cc1. The second-order valence-corrected chi connectivity index (χ2v) is 8.60. The molecule has 0 amide bonds. The molecule has 1 aliphatic heterocycles. The molecule has 31 heavy (non-hydrogen) atoms. The number of fused-ring (bicyclic) bond motifs is 1. The third-order valence-corrected chi connectivity index (χ3v) is 6.60. The molecule has 2 heterocycles. The van der Waals surface area contributed by atoms with Crippen molar-refractivity contribution in [1.29, 1.82) is 0 Å². The van der Waals surface area contributed by atoms with E-state index in [1.165, 1.54) is 11.1 Å². The molecule has 7 heteroatoms. The molecule has 1 saturated heterocycles. The Morgan fingerprint density at radius 3 is 2.68 bits per heavy atom. The topological polar surface area (TPSA) is 76.0 Å². The van der Waals surface area contributed by atoms with E-state index in [2.05, 4.69) is 69.1 Å². The molecule has 1 aliphatic carbocycles. The minimum atomic E-state index is 0.245. The zero-order chi connectivity index (χ0) is 21.0. The van der Waals surface area contributed by atoms with Gasteiger partial charge in [-0.3, -0.25) is 10.7 Å². The molecule has 4 atom stereocenters. The van der Waals surface area contributed by atoms with Crippen LogP contribution in [0.15, 0.2) is 60.8 Å². The van der Waals surface area contributed by atoms with Crippen molar-refractivity contribution in [3.05, 3.63) is 77.6 Å². The second-order valence-electron chi connectivity index (χ2n) is 8.60. The maximum absolute atomic E-state index is 5.25. The average Bonchev–Trinajstić information content (AvgIpc) is 3.45. The molecule has 0 bridgehead atoms. The smallest absolute Gasteiger partial charge is 0.118 e. The van der Waals surface area contributed by atoms with Gasteiger partial charge in [-0.15, -0.1) is 5.10 Å². The monoisotopic (exact) mass is 418 g/mol. The van der Waals surface area contributed by atoms with E-state index in [9.17, 15) is 0 Å².